The van der Waals surface area contributed by atoms with Crippen LogP contribution in [0.3, 0.4) is 0 Å². The Bertz CT molecular complexity index is 674. The van der Waals surface area contributed by atoms with Crippen molar-refractivity contribution in [3.8, 4) is 5.75 Å². The van der Waals surface area contributed by atoms with Crippen molar-refractivity contribution in [2.75, 3.05) is 6.54 Å². The highest BCUT2D eigenvalue weighted by Crippen LogP contribution is 2.25. The molecule has 23 heavy (non-hydrogen) atoms. The molecular formula is C19H22ClNO2. The minimum atomic E-state index is -0.569. The van der Waals surface area contributed by atoms with Gasteiger partial charge >= 0.3 is 0 Å². The molecule has 2 atom stereocenters. The van der Waals surface area contributed by atoms with Crippen molar-refractivity contribution in [3.05, 3.63) is 64.2 Å². The molecule has 0 bridgehead atoms. The Morgan fingerprint density at radius 1 is 1.17 bits per heavy atom. The summed E-state index contributed by atoms with van der Waals surface area (Å²) in [6, 6.07) is 13.3. The van der Waals surface area contributed by atoms with Gasteiger partial charge in [-0.15, -0.1) is 0 Å². The molecule has 0 aromatic heterocycles. The van der Waals surface area contributed by atoms with E-state index in [1.807, 2.05) is 24.3 Å². The van der Waals surface area contributed by atoms with Crippen LogP contribution in [0.25, 0.3) is 0 Å². The Hall–Kier alpha value is -1.55. The van der Waals surface area contributed by atoms with E-state index >= 15 is 0 Å². The molecule has 0 aliphatic heterocycles. The lowest BCUT2D eigenvalue weighted by Crippen LogP contribution is -2.34. The molecule has 0 amide bonds. The van der Waals surface area contributed by atoms with E-state index in [9.17, 15) is 10.2 Å². The standard InChI is InChI=1S/C19H22ClNO2/c20-16-5-1-4-14(9-16)19(23)12-21-17-6-2-3-13-7-8-18(22)11-15(13)10-17/h1,4-5,7-9,11,17,19,21-23H,2-3,6,10,12H2/t17?,19-/m0/s1. The first kappa shape index (κ1) is 16.3. The van der Waals surface area contributed by atoms with Crippen molar-refractivity contribution in [2.45, 2.75) is 37.8 Å². The predicted octanol–water partition coefficient (Wildman–Crippen LogP) is 3.62. The van der Waals surface area contributed by atoms with Crippen molar-refractivity contribution in [1.29, 1.82) is 0 Å². The summed E-state index contributed by atoms with van der Waals surface area (Å²) in [6.07, 6.45) is 3.54. The van der Waals surface area contributed by atoms with Crippen LogP contribution >= 0.6 is 11.6 Å². The van der Waals surface area contributed by atoms with Crippen molar-refractivity contribution in [1.82, 2.24) is 5.32 Å². The molecule has 3 nitrogen and oxygen atoms in total. The fraction of sp³-hybridized carbons (Fsp3) is 0.368. The normalized spacial score (nSPS) is 19.0. The Morgan fingerprint density at radius 2 is 2.04 bits per heavy atom. The Morgan fingerprint density at radius 3 is 2.87 bits per heavy atom. The third-order valence-electron chi connectivity index (χ3n) is 4.49. The first-order valence-corrected chi connectivity index (χ1v) is 8.47. The summed E-state index contributed by atoms with van der Waals surface area (Å²) in [5, 5.41) is 24.1. The van der Waals surface area contributed by atoms with Crippen molar-refractivity contribution < 1.29 is 10.2 Å². The first-order valence-electron chi connectivity index (χ1n) is 8.09. The molecule has 122 valence electrons. The summed E-state index contributed by atoms with van der Waals surface area (Å²) < 4.78 is 0. The van der Waals surface area contributed by atoms with E-state index in [2.05, 4.69) is 5.32 Å². The lowest BCUT2D eigenvalue weighted by atomic mass is 10.0. The smallest absolute Gasteiger partial charge is 0.115 e. The third kappa shape index (κ3) is 4.25. The number of aliphatic hydroxyl groups is 1. The van der Waals surface area contributed by atoms with Gasteiger partial charge in [0, 0.05) is 17.6 Å². The maximum absolute atomic E-state index is 10.3. The van der Waals surface area contributed by atoms with Gasteiger partial charge < -0.3 is 15.5 Å². The molecule has 0 saturated heterocycles. The number of halogens is 1. The average Bonchev–Trinajstić information content (AvgIpc) is 2.74. The van der Waals surface area contributed by atoms with Crippen LogP contribution in [0.4, 0.5) is 0 Å². The number of nitrogens with one attached hydrogen (secondary N) is 1. The van der Waals surface area contributed by atoms with Gasteiger partial charge in [-0.2, -0.15) is 0 Å². The Labute approximate surface area is 141 Å². The number of phenolic OH excluding ortho intramolecular Hbond substituents is 1. The van der Waals surface area contributed by atoms with Crippen LogP contribution in [0.5, 0.6) is 5.75 Å². The number of benzene rings is 2. The second kappa shape index (κ2) is 7.35. The monoisotopic (exact) mass is 331 g/mol. The van der Waals surface area contributed by atoms with E-state index in [-0.39, 0.29) is 0 Å². The quantitative estimate of drug-likeness (QED) is 0.750. The van der Waals surface area contributed by atoms with Crippen molar-refractivity contribution in [3.63, 3.8) is 0 Å². The molecule has 1 aliphatic carbocycles. The fourth-order valence-corrected chi connectivity index (χ4v) is 3.44. The van der Waals surface area contributed by atoms with Crippen molar-refractivity contribution >= 4 is 11.6 Å². The van der Waals surface area contributed by atoms with E-state index in [1.54, 1.807) is 18.2 Å². The second-order valence-electron chi connectivity index (χ2n) is 6.23. The molecule has 4 heteroatoms. The zero-order valence-corrected chi connectivity index (χ0v) is 13.8. The molecule has 1 unspecified atom stereocenters. The summed E-state index contributed by atoms with van der Waals surface area (Å²) >= 11 is 5.98. The topological polar surface area (TPSA) is 52.5 Å². The minimum absolute atomic E-state index is 0.312. The van der Waals surface area contributed by atoms with Crippen LogP contribution in [-0.2, 0) is 12.8 Å². The number of aromatic hydroxyl groups is 1. The van der Waals surface area contributed by atoms with Crippen LogP contribution in [0.2, 0.25) is 5.02 Å². The maximum Gasteiger partial charge on any atom is 0.115 e. The van der Waals surface area contributed by atoms with Gasteiger partial charge in [0.25, 0.3) is 0 Å². The fourth-order valence-electron chi connectivity index (χ4n) is 3.24. The molecule has 0 saturated carbocycles. The molecule has 0 heterocycles. The third-order valence-corrected chi connectivity index (χ3v) is 4.72. The molecule has 1 aliphatic rings. The SMILES string of the molecule is Oc1ccc2c(c1)CC(NC[C@H](O)c1cccc(Cl)c1)CCC2. The summed E-state index contributed by atoms with van der Waals surface area (Å²) in [6.45, 7) is 0.499. The van der Waals surface area contributed by atoms with Crippen LogP contribution in [0.1, 0.15) is 35.6 Å². The van der Waals surface area contributed by atoms with Crippen molar-refractivity contribution in [2.24, 2.45) is 0 Å². The first-order chi connectivity index (χ1) is 11.1. The van der Waals surface area contributed by atoms with Gasteiger partial charge in [0.1, 0.15) is 5.75 Å². The van der Waals surface area contributed by atoms with Gasteiger partial charge in [-0.1, -0.05) is 29.8 Å². The summed E-state index contributed by atoms with van der Waals surface area (Å²) in [4.78, 5) is 0. The Kier molecular flexibility index (Phi) is 5.21. The number of fused-ring (bicyclic) bond motifs is 1. The van der Waals surface area contributed by atoms with E-state index in [0.29, 0.717) is 23.4 Å². The minimum Gasteiger partial charge on any atom is -0.508 e. The largest absolute Gasteiger partial charge is 0.508 e. The number of hydrogen-bond acceptors (Lipinski definition) is 3. The average molecular weight is 332 g/mol. The van der Waals surface area contributed by atoms with E-state index in [4.69, 9.17) is 11.6 Å². The lowest BCUT2D eigenvalue weighted by molar-refractivity contribution is 0.169. The highest BCUT2D eigenvalue weighted by Gasteiger charge is 2.18. The van der Waals surface area contributed by atoms with Gasteiger partial charge in [-0.3, -0.25) is 0 Å². The second-order valence-corrected chi connectivity index (χ2v) is 6.66. The molecule has 2 aromatic carbocycles. The molecule has 0 fully saturated rings. The number of hydrogen-bond donors (Lipinski definition) is 3. The molecule has 2 aromatic rings. The zero-order valence-electron chi connectivity index (χ0n) is 13.0. The molecular weight excluding hydrogens is 310 g/mol. The zero-order chi connectivity index (χ0) is 16.2. The summed E-state index contributed by atoms with van der Waals surface area (Å²) in [7, 11) is 0. The summed E-state index contributed by atoms with van der Waals surface area (Å²) in [5.74, 6) is 0.323. The highest BCUT2D eigenvalue weighted by molar-refractivity contribution is 6.30. The highest BCUT2D eigenvalue weighted by atomic mass is 35.5. The molecule has 0 radical (unpaired) electrons. The van der Waals surface area contributed by atoms with Gasteiger partial charge in [0.05, 0.1) is 6.10 Å². The van der Waals surface area contributed by atoms with Crippen LogP contribution in [0, 0.1) is 0 Å². The maximum atomic E-state index is 10.3. The summed E-state index contributed by atoms with van der Waals surface area (Å²) in [5.41, 5.74) is 3.36. The van der Waals surface area contributed by atoms with Gasteiger partial charge in [0.15, 0.2) is 0 Å². The molecule has 3 rings (SSSR count). The van der Waals surface area contributed by atoms with Crippen LogP contribution < -0.4 is 5.32 Å². The predicted molar refractivity (Wildman–Crippen MR) is 93.0 cm³/mol. The van der Waals surface area contributed by atoms with Crippen LogP contribution in [-0.4, -0.2) is 22.8 Å². The number of aliphatic hydroxyl groups excluding tert-OH is 1. The Balaban J connectivity index is 1.62. The van der Waals surface area contributed by atoms with E-state index in [0.717, 1.165) is 31.2 Å². The van der Waals surface area contributed by atoms with Gasteiger partial charge in [0.2, 0.25) is 0 Å². The van der Waals surface area contributed by atoms with Crippen LogP contribution in [0.15, 0.2) is 42.5 Å². The van der Waals surface area contributed by atoms with Gasteiger partial charge in [-0.25, -0.2) is 0 Å². The number of phenols is 1. The van der Waals surface area contributed by atoms with E-state index in [1.165, 1.54) is 11.1 Å². The number of rotatable bonds is 4. The van der Waals surface area contributed by atoms with E-state index < -0.39 is 6.10 Å². The van der Waals surface area contributed by atoms with Gasteiger partial charge in [-0.05, 0) is 66.6 Å². The molecule has 0 spiro atoms. The lowest BCUT2D eigenvalue weighted by Gasteiger charge is -2.20. The number of aryl methyl sites for hydroxylation is 1. The molecule has 3 N–H and O–H groups in total.